The second-order valence-electron chi connectivity index (χ2n) is 6.85. The van der Waals surface area contributed by atoms with Crippen molar-refractivity contribution >= 4 is 21.6 Å². The minimum absolute atomic E-state index is 0.154. The largest absolute Gasteiger partial charge is 0.497 e. The Balaban J connectivity index is 1.50. The fourth-order valence-electron chi connectivity index (χ4n) is 3.28. The number of benzene rings is 2. The standard InChI is InChI=1S/C21H26N2O4S/c1-27-20-8-4-6-17(16-20)7-5-13-22-21(24)18-9-11-19(12-10-18)23-14-2-3-15-28(23,25)26/h4,6,8-12,16H,2-3,5,7,13-15H2,1H3,(H,22,24). The van der Waals surface area contributed by atoms with E-state index in [0.29, 0.717) is 30.8 Å². The lowest BCUT2D eigenvalue weighted by Crippen LogP contribution is -2.37. The van der Waals surface area contributed by atoms with Crippen LogP contribution in [0.25, 0.3) is 0 Å². The molecule has 0 saturated carbocycles. The first kappa shape index (κ1) is 20.2. The normalized spacial score (nSPS) is 15.8. The van der Waals surface area contributed by atoms with Gasteiger partial charge >= 0.3 is 0 Å². The summed E-state index contributed by atoms with van der Waals surface area (Å²) < 4.78 is 31.0. The number of aryl methyl sites for hydroxylation is 1. The Bertz CT molecular complexity index is 910. The summed E-state index contributed by atoms with van der Waals surface area (Å²) >= 11 is 0. The number of carbonyl (C=O) groups is 1. The number of hydrogen-bond acceptors (Lipinski definition) is 4. The average molecular weight is 403 g/mol. The SMILES string of the molecule is COc1cccc(CCCNC(=O)c2ccc(N3CCCCS3(=O)=O)cc2)c1. The van der Waals surface area contributed by atoms with Gasteiger partial charge in [0.25, 0.3) is 5.91 Å². The maximum absolute atomic E-state index is 12.3. The van der Waals surface area contributed by atoms with Crippen molar-refractivity contribution in [2.24, 2.45) is 0 Å². The van der Waals surface area contributed by atoms with Gasteiger partial charge < -0.3 is 10.1 Å². The molecule has 1 amide bonds. The van der Waals surface area contributed by atoms with Crippen LogP contribution in [0.15, 0.2) is 48.5 Å². The second kappa shape index (κ2) is 9.10. The minimum atomic E-state index is -3.23. The highest BCUT2D eigenvalue weighted by molar-refractivity contribution is 7.92. The molecule has 0 aromatic heterocycles. The first-order chi connectivity index (χ1) is 13.5. The molecule has 6 nitrogen and oxygen atoms in total. The van der Waals surface area contributed by atoms with E-state index < -0.39 is 10.0 Å². The number of hydrogen-bond donors (Lipinski definition) is 1. The van der Waals surface area contributed by atoms with Gasteiger partial charge in [-0.3, -0.25) is 9.10 Å². The van der Waals surface area contributed by atoms with Gasteiger partial charge in [0.05, 0.1) is 18.6 Å². The zero-order valence-electron chi connectivity index (χ0n) is 16.1. The van der Waals surface area contributed by atoms with Gasteiger partial charge in [0.1, 0.15) is 5.75 Å². The van der Waals surface area contributed by atoms with Gasteiger partial charge in [-0.05, 0) is 67.6 Å². The molecule has 0 unspecified atom stereocenters. The lowest BCUT2D eigenvalue weighted by molar-refractivity contribution is 0.0953. The molecule has 1 saturated heterocycles. The Kier molecular flexibility index (Phi) is 6.57. The highest BCUT2D eigenvalue weighted by atomic mass is 32.2. The first-order valence-electron chi connectivity index (χ1n) is 9.51. The van der Waals surface area contributed by atoms with Crippen molar-refractivity contribution in [3.05, 3.63) is 59.7 Å². The van der Waals surface area contributed by atoms with E-state index >= 15 is 0 Å². The topological polar surface area (TPSA) is 75.7 Å². The van der Waals surface area contributed by atoms with Crippen molar-refractivity contribution in [3.63, 3.8) is 0 Å². The number of ether oxygens (including phenoxy) is 1. The van der Waals surface area contributed by atoms with E-state index in [2.05, 4.69) is 5.32 Å². The summed E-state index contributed by atoms with van der Waals surface area (Å²) in [6.07, 6.45) is 3.23. The molecule has 0 bridgehead atoms. The molecule has 0 spiro atoms. The van der Waals surface area contributed by atoms with Crippen LogP contribution in [0, 0.1) is 0 Å². The van der Waals surface area contributed by atoms with Crippen molar-refractivity contribution in [3.8, 4) is 5.75 Å². The molecule has 2 aromatic rings. The lowest BCUT2D eigenvalue weighted by Gasteiger charge is -2.28. The number of amides is 1. The summed E-state index contributed by atoms with van der Waals surface area (Å²) in [7, 11) is -1.59. The number of methoxy groups -OCH3 is 1. The van der Waals surface area contributed by atoms with Crippen molar-refractivity contribution in [1.29, 1.82) is 0 Å². The quantitative estimate of drug-likeness (QED) is 0.723. The molecule has 1 N–H and O–H groups in total. The third-order valence-electron chi connectivity index (χ3n) is 4.83. The molecule has 150 valence electrons. The monoisotopic (exact) mass is 402 g/mol. The smallest absolute Gasteiger partial charge is 0.251 e. The zero-order chi connectivity index (χ0) is 20.0. The van der Waals surface area contributed by atoms with Crippen LogP contribution < -0.4 is 14.4 Å². The fraction of sp³-hybridized carbons (Fsp3) is 0.381. The summed E-state index contributed by atoms with van der Waals surface area (Å²) in [6.45, 7) is 1.07. The van der Waals surface area contributed by atoms with Crippen LogP contribution in [0.1, 0.15) is 35.2 Å². The van der Waals surface area contributed by atoms with Gasteiger partial charge in [0.2, 0.25) is 10.0 Å². The first-order valence-corrected chi connectivity index (χ1v) is 11.1. The molecule has 3 rings (SSSR count). The third-order valence-corrected chi connectivity index (χ3v) is 6.70. The number of anilines is 1. The van der Waals surface area contributed by atoms with Crippen LogP contribution in [0.4, 0.5) is 5.69 Å². The van der Waals surface area contributed by atoms with Gasteiger partial charge in [-0.1, -0.05) is 12.1 Å². The van der Waals surface area contributed by atoms with Crippen molar-refractivity contribution < 1.29 is 17.9 Å². The molecule has 0 atom stereocenters. The van der Waals surface area contributed by atoms with Crippen LogP contribution >= 0.6 is 0 Å². The fourth-order valence-corrected chi connectivity index (χ4v) is 4.92. The molecule has 28 heavy (non-hydrogen) atoms. The molecule has 1 aliphatic rings. The molecule has 1 heterocycles. The van der Waals surface area contributed by atoms with Crippen LogP contribution in [0.5, 0.6) is 5.75 Å². The number of sulfonamides is 1. The molecular weight excluding hydrogens is 376 g/mol. The predicted molar refractivity (Wildman–Crippen MR) is 110 cm³/mol. The minimum Gasteiger partial charge on any atom is -0.497 e. The summed E-state index contributed by atoms with van der Waals surface area (Å²) in [5, 5.41) is 2.91. The molecular formula is C21H26N2O4S. The average Bonchev–Trinajstić information content (AvgIpc) is 2.71. The van der Waals surface area contributed by atoms with E-state index in [-0.39, 0.29) is 11.7 Å². The van der Waals surface area contributed by atoms with Gasteiger partial charge in [-0.2, -0.15) is 0 Å². The molecule has 1 fully saturated rings. The second-order valence-corrected chi connectivity index (χ2v) is 8.87. The summed E-state index contributed by atoms with van der Waals surface area (Å²) in [6, 6.07) is 14.7. The van der Waals surface area contributed by atoms with Gasteiger partial charge in [-0.15, -0.1) is 0 Å². The van der Waals surface area contributed by atoms with Crippen LogP contribution in [0.3, 0.4) is 0 Å². The maximum atomic E-state index is 12.3. The predicted octanol–water partition coefficient (Wildman–Crippen LogP) is 2.99. The van der Waals surface area contributed by atoms with E-state index in [4.69, 9.17) is 4.74 Å². The highest BCUT2D eigenvalue weighted by Gasteiger charge is 2.25. The Labute approximate surface area is 166 Å². The Morgan fingerprint density at radius 2 is 1.93 bits per heavy atom. The Morgan fingerprint density at radius 1 is 1.14 bits per heavy atom. The molecule has 7 heteroatoms. The number of carbonyl (C=O) groups excluding carboxylic acids is 1. The van der Waals surface area contributed by atoms with Gasteiger partial charge in [-0.25, -0.2) is 8.42 Å². The Hall–Kier alpha value is -2.54. The lowest BCUT2D eigenvalue weighted by atomic mass is 10.1. The maximum Gasteiger partial charge on any atom is 0.251 e. The summed E-state index contributed by atoms with van der Waals surface area (Å²) in [5.41, 5.74) is 2.31. The number of nitrogens with zero attached hydrogens (tertiary/aromatic N) is 1. The molecule has 0 radical (unpaired) electrons. The van der Waals surface area contributed by atoms with Crippen molar-refractivity contribution in [1.82, 2.24) is 5.32 Å². The van der Waals surface area contributed by atoms with Crippen molar-refractivity contribution in [2.45, 2.75) is 25.7 Å². The number of nitrogens with one attached hydrogen (secondary N) is 1. The van der Waals surface area contributed by atoms with Crippen molar-refractivity contribution in [2.75, 3.05) is 30.3 Å². The molecule has 2 aromatic carbocycles. The highest BCUT2D eigenvalue weighted by Crippen LogP contribution is 2.23. The third kappa shape index (κ3) is 5.04. The van der Waals surface area contributed by atoms with Gasteiger partial charge in [0, 0.05) is 18.7 Å². The van der Waals surface area contributed by atoms with E-state index in [9.17, 15) is 13.2 Å². The van der Waals surface area contributed by atoms with E-state index in [1.165, 1.54) is 9.87 Å². The number of rotatable bonds is 7. The van der Waals surface area contributed by atoms with E-state index in [0.717, 1.165) is 25.0 Å². The summed E-state index contributed by atoms with van der Waals surface area (Å²) in [5.74, 6) is 0.860. The van der Waals surface area contributed by atoms with E-state index in [1.807, 2.05) is 24.3 Å². The van der Waals surface area contributed by atoms with Crippen LogP contribution in [-0.2, 0) is 16.4 Å². The zero-order valence-corrected chi connectivity index (χ0v) is 16.9. The molecule has 0 aliphatic carbocycles. The molecule has 1 aliphatic heterocycles. The summed E-state index contributed by atoms with van der Waals surface area (Å²) in [4.78, 5) is 12.3. The van der Waals surface area contributed by atoms with Gasteiger partial charge in [0.15, 0.2) is 0 Å². The van der Waals surface area contributed by atoms with Crippen LogP contribution in [0.2, 0.25) is 0 Å². The van der Waals surface area contributed by atoms with Crippen LogP contribution in [-0.4, -0.2) is 40.3 Å². The Morgan fingerprint density at radius 3 is 2.64 bits per heavy atom. The van der Waals surface area contributed by atoms with E-state index in [1.54, 1.807) is 31.4 Å².